The molecular formula is C21H27N5OS. The highest BCUT2D eigenvalue weighted by Crippen LogP contribution is 2.22. The fraction of sp³-hybridized carbons (Fsp3) is 0.476. The zero-order valence-electron chi connectivity index (χ0n) is 16.0. The molecule has 1 aliphatic rings. The summed E-state index contributed by atoms with van der Waals surface area (Å²) < 4.78 is 0. The number of benzene rings is 1. The third-order valence-corrected chi connectivity index (χ3v) is 6.22. The molecule has 3 N–H and O–H groups in total. The first-order valence-corrected chi connectivity index (χ1v) is 11.0. The number of carbonyl (C=O) groups is 1. The Balaban J connectivity index is 1.19. The van der Waals surface area contributed by atoms with Gasteiger partial charge in [0.15, 0.2) is 0 Å². The summed E-state index contributed by atoms with van der Waals surface area (Å²) in [4.78, 5) is 24.7. The molecule has 0 bridgehead atoms. The molecule has 4 rings (SSSR count). The highest BCUT2D eigenvalue weighted by atomic mass is 32.1. The first kappa shape index (κ1) is 19.1. The van der Waals surface area contributed by atoms with Gasteiger partial charge in [-0.2, -0.15) is 0 Å². The van der Waals surface area contributed by atoms with Crippen LogP contribution in [-0.2, 0) is 13.0 Å². The Kier molecular flexibility index (Phi) is 6.34. The van der Waals surface area contributed by atoms with Gasteiger partial charge in [0.05, 0.1) is 22.6 Å². The van der Waals surface area contributed by atoms with Crippen molar-refractivity contribution in [3.05, 3.63) is 46.2 Å². The number of imidazole rings is 1. The summed E-state index contributed by atoms with van der Waals surface area (Å²) in [5, 5.41) is 9.30. The molecular weight excluding hydrogens is 370 g/mol. The number of nitrogens with one attached hydrogen (secondary N) is 3. The predicted molar refractivity (Wildman–Crippen MR) is 113 cm³/mol. The van der Waals surface area contributed by atoms with Gasteiger partial charge < -0.3 is 15.6 Å². The van der Waals surface area contributed by atoms with Crippen molar-refractivity contribution in [2.24, 2.45) is 5.92 Å². The van der Waals surface area contributed by atoms with E-state index in [1.807, 2.05) is 29.6 Å². The largest absolute Gasteiger partial charge is 0.350 e. The number of rotatable bonds is 8. The zero-order chi connectivity index (χ0) is 19.2. The van der Waals surface area contributed by atoms with Gasteiger partial charge in [-0.05, 0) is 30.9 Å². The van der Waals surface area contributed by atoms with Crippen LogP contribution in [0, 0.1) is 5.92 Å². The topological polar surface area (TPSA) is 82.7 Å². The number of hydrogen-bond acceptors (Lipinski definition) is 5. The summed E-state index contributed by atoms with van der Waals surface area (Å²) >= 11 is 1.55. The van der Waals surface area contributed by atoms with Gasteiger partial charge in [0.1, 0.15) is 11.5 Å². The summed E-state index contributed by atoms with van der Waals surface area (Å²) in [6.07, 6.45) is 7.20. The smallest absolute Gasteiger partial charge is 0.270 e. The van der Waals surface area contributed by atoms with Crippen molar-refractivity contribution in [2.75, 3.05) is 13.1 Å². The Bertz CT molecular complexity index is 879. The average molecular weight is 398 g/mol. The van der Waals surface area contributed by atoms with E-state index in [1.165, 1.54) is 32.1 Å². The van der Waals surface area contributed by atoms with Crippen LogP contribution in [0.5, 0.6) is 0 Å². The molecule has 148 valence electrons. The molecule has 3 aromatic rings. The lowest BCUT2D eigenvalue weighted by Gasteiger charge is -2.21. The van der Waals surface area contributed by atoms with E-state index < -0.39 is 0 Å². The van der Waals surface area contributed by atoms with Crippen LogP contribution in [-0.4, -0.2) is 33.9 Å². The highest BCUT2D eigenvalue weighted by Gasteiger charge is 2.16. The normalized spacial score (nSPS) is 15.1. The fourth-order valence-electron chi connectivity index (χ4n) is 3.74. The van der Waals surface area contributed by atoms with E-state index in [1.54, 1.807) is 11.3 Å². The number of amides is 1. The average Bonchev–Trinajstić information content (AvgIpc) is 3.37. The summed E-state index contributed by atoms with van der Waals surface area (Å²) in [6, 6.07) is 8.03. The third kappa shape index (κ3) is 4.97. The molecule has 7 heteroatoms. The van der Waals surface area contributed by atoms with E-state index in [-0.39, 0.29) is 5.91 Å². The summed E-state index contributed by atoms with van der Waals surface area (Å²) in [6.45, 7) is 2.27. The fourth-order valence-corrected chi connectivity index (χ4v) is 4.52. The number of nitrogens with zero attached hydrogens (tertiary/aromatic N) is 2. The second kappa shape index (κ2) is 9.30. The number of aromatic nitrogens is 3. The van der Waals surface area contributed by atoms with E-state index in [0.717, 1.165) is 41.4 Å². The second-order valence-corrected chi connectivity index (χ2v) is 8.41. The van der Waals surface area contributed by atoms with Gasteiger partial charge in [0.2, 0.25) is 0 Å². The molecule has 2 heterocycles. The molecule has 1 amide bonds. The maximum Gasteiger partial charge on any atom is 0.270 e. The number of thiazole rings is 1. The van der Waals surface area contributed by atoms with Crippen molar-refractivity contribution < 1.29 is 4.79 Å². The lowest BCUT2D eigenvalue weighted by atomic mass is 9.89. The molecule has 28 heavy (non-hydrogen) atoms. The Labute approximate surface area is 169 Å². The van der Waals surface area contributed by atoms with Crippen LogP contribution in [0.1, 0.15) is 53.4 Å². The third-order valence-electron chi connectivity index (χ3n) is 5.31. The van der Waals surface area contributed by atoms with Crippen LogP contribution in [0.4, 0.5) is 0 Å². The summed E-state index contributed by atoms with van der Waals surface area (Å²) in [7, 11) is 0. The molecule has 0 aliphatic heterocycles. The first-order valence-electron chi connectivity index (χ1n) is 10.1. The maximum absolute atomic E-state index is 12.3. The van der Waals surface area contributed by atoms with Gasteiger partial charge in [-0.25, -0.2) is 9.97 Å². The molecule has 1 fully saturated rings. The summed E-state index contributed by atoms with van der Waals surface area (Å²) in [5.41, 5.74) is 2.60. The van der Waals surface area contributed by atoms with Crippen molar-refractivity contribution in [1.82, 2.24) is 25.6 Å². The zero-order valence-corrected chi connectivity index (χ0v) is 16.9. The Hall–Kier alpha value is -2.25. The van der Waals surface area contributed by atoms with Crippen LogP contribution in [0.15, 0.2) is 29.6 Å². The van der Waals surface area contributed by atoms with Crippen LogP contribution >= 0.6 is 11.3 Å². The van der Waals surface area contributed by atoms with Gasteiger partial charge in [-0.3, -0.25) is 4.79 Å². The number of para-hydroxylation sites is 2. The monoisotopic (exact) mass is 397 g/mol. The van der Waals surface area contributed by atoms with Crippen molar-refractivity contribution in [3.8, 4) is 0 Å². The van der Waals surface area contributed by atoms with Crippen LogP contribution in [0.25, 0.3) is 11.0 Å². The van der Waals surface area contributed by atoms with Crippen LogP contribution < -0.4 is 10.6 Å². The van der Waals surface area contributed by atoms with E-state index in [4.69, 9.17) is 0 Å². The SMILES string of the molecule is O=C(NCC1CCCCC1)c1csc(CCNCc2nc3ccccc3[nH]2)n1. The Morgan fingerprint density at radius 3 is 2.89 bits per heavy atom. The molecule has 0 atom stereocenters. The minimum atomic E-state index is -0.0386. The van der Waals surface area contributed by atoms with Gasteiger partial charge in [-0.1, -0.05) is 31.4 Å². The Morgan fingerprint density at radius 2 is 2.04 bits per heavy atom. The molecule has 0 radical (unpaired) electrons. The minimum Gasteiger partial charge on any atom is -0.350 e. The lowest BCUT2D eigenvalue weighted by Crippen LogP contribution is -2.30. The van der Waals surface area contributed by atoms with Crippen LogP contribution in [0.3, 0.4) is 0 Å². The molecule has 1 aliphatic carbocycles. The van der Waals surface area contributed by atoms with E-state index in [9.17, 15) is 4.79 Å². The van der Waals surface area contributed by atoms with E-state index in [2.05, 4.69) is 25.6 Å². The van der Waals surface area contributed by atoms with E-state index in [0.29, 0.717) is 18.2 Å². The molecule has 1 saturated carbocycles. The molecule has 0 saturated heterocycles. The Morgan fingerprint density at radius 1 is 1.18 bits per heavy atom. The van der Waals surface area contributed by atoms with Gasteiger partial charge in [-0.15, -0.1) is 11.3 Å². The van der Waals surface area contributed by atoms with Crippen molar-refractivity contribution in [2.45, 2.75) is 45.1 Å². The lowest BCUT2D eigenvalue weighted by molar-refractivity contribution is 0.0939. The van der Waals surface area contributed by atoms with Gasteiger partial charge in [0, 0.05) is 24.9 Å². The molecule has 1 aromatic carbocycles. The van der Waals surface area contributed by atoms with Crippen molar-refractivity contribution in [1.29, 1.82) is 0 Å². The molecule has 0 spiro atoms. The van der Waals surface area contributed by atoms with Gasteiger partial charge >= 0.3 is 0 Å². The van der Waals surface area contributed by atoms with Crippen LogP contribution in [0.2, 0.25) is 0 Å². The standard InChI is InChI=1S/C21H27N5OS/c27-21(23-12-15-6-2-1-3-7-15)18-14-28-20(26-18)10-11-22-13-19-24-16-8-4-5-9-17(16)25-19/h4-5,8-9,14-15,22H,1-3,6-7,10-13H2,(H,23,27)(H,24,25). The number of hydrogen-bond donors (Lipinski definition) is 3. The second-order valence-electron chi connectivity index (χ2n) is 7.47. The van der Waals surface area contributed by atoms with Crippen molar-refractivity contribution >= 4 is 28.3 Å². The number of carbonyl (C=O) groups excluding carboxylic acids is 1. The maximum atomic E-state index is 12.3. The number of fused-ring (bicyclic) bond motifs is 1. The number of aromatic amines is 1. The molecule has 0 unspecified atom stereocenters. The number of H-pyrrole nitrogens is 1. The van der Waals surface area contributed by atoms with Gasteiger partial charge in [0.25, 0.3) is 5.91 Å². The summed E-state index contributed by atoms with van der Waals surface area (Å²) in [5.74, 6) is 1.53. The molecule has 6 nitrogen and oxygen atoms in total. The molecule has 2 aromatic heterocycles. The quantitative estimate of drug-likeness (QED) is 0.507. The first-order chi connectivity index (χ1) is 13.8. The van der Waals surface area contributed by atoms with Crippen molar-refractivity contribution in [3.63, 3.8) is 0 Å². The van der Waals surface area contributed by atoms with E-state index >= 15 is 0 Å². The minimum absolute atomic E-state index is 0.0386. The highest BCUT2D eigenvalue weighted by molar-refractivity contribution is 7.09. The predicted octanol–water partition coefficient (Wildman–Crippen LogP) is 3.66.